The van der Waals surface area contributed by atoms with E-state index in [2.05, 4.69) is 25.4 Å². The molecule has 1 aromatic rings. The maximum atomic E-state index is 11.9. The Morgan fingerprint density at radius 1 is 1.45 bits per heavy atom. The fraction of sp³-hybridized carbons (Fsp3) is 0.500. The number of nitrogens with two attached hydrogens (primary N) is 1. The molecule has 0 saturated heterocycles. The predicted octanol–water partition coefficient (Wildman–Crippen LogP) is 2.92. The van der Waals surface area contributed by atoms with E-state index in [9.17, 15) is 4.79 Å². The molecule has 4 heteroatoms. The van der Waals surface area contributed by atoms with Crippen molar-refractivity contribution in [2.45, 2.75) is 39.5 Å². The Hall–Kier alpha value is -1.68. The predicted molar refractivity (Wildman–Crippen MR) is 81.6 cm³/mol. The molecule has 1 aromatic heterocycles. The largest absolute Gasteiger partial charge is 0.462 e. The van der Waals surface area contributed by atoms with Gasteiger partial charge in [0.15, 0.2) is 0 Å². The molecule has 2 N–H and O–H groups in total. The van der Waals surface area contributed by atoms with Crippen LogP contribution in [-0.4, -0.2) is 24.1 Å². The number of nitrogens with zero attached hydrogens (tertiary/aromatic N) is 1. The average Bonchev–Trinajstić information content (AvgIpc) is 2.38. The van der Waals surface area contributed by atoms with E-state index in [1.807, 2.05) is 13.0 Å². The molecule has 0 saturated carbocycles. The van der Waals surface area contributed by atoms with Crippen molar-refractivity contribution in [1.29, 1.82) is 0 Å². The van der Waals surface area contributed by atoms with Crippen LogP contribution in [-0.2, 0) is 10.2 Å². The van der Waals surface area contributed by atoms with E-state index in [-0.39, 0.29) is 11.4 Å². The van der Waals surface area contributed by atoms with Crippen molar-refractivity contribution in [3.8, 4) is 0 Å². The van der Waals surface area contributed by atoms with Crippen LogP contribution in [0.1, 0.15) is 55.9 Å². The summed E-state index contributed by atoms with van der Waals surface area (Å²) in [6, 6.07) is 3.64. The smallest absolute Gasteiger partial charge is 0.340 e. The van der Waals surface area contributed by atoms with Crippen LogP contribution in [0.25, 0.3) is 5.57 Å². The van der Waals surface area contributed by atoms with Crippen LogP contribution in [0.15, 0.2) is 18.7 Å². The maximum Gasteiger partial charge on any atom is 0.340 e. The van der Waals surface area contributed by atoms with Gasteiger partial charge < -0.3 is 10.5 Å². The zero-order valence-corrected chi connectivity index (χ0v) is 12.8. The van der Waals surface area contributed by atoms with Crippen molar-refractivity contribution in [3.63, 3.8) is 0 Å². The summed E-state index contributed by atoms with van der Waals surface area (Å²) in [5.74, 6) is -0.360. The summed E-state index contributed by atoms with van der Waals surface area (Å²) >= 11 is 0. The average molecular weight is 276 g/mol. The van der Waals surface area contributed by atoms with Gasteiger partial charge in [-0.2, -0.15) is 0 Å². The van der Waals surface area contributed by atoms with Crippen LogP contribution in [0, 0.1) is 0 Å². The van der Waals surface area contributed by atoms with Crippen LogP contribution in [0.3, 0.4) is 0 Å². The number of allylic oxidation sites excluding steroid dienone is 1. The van der Waals surface area contributed by atoms with Crippen LogP contribution in [0.2, 0.25) is 0 Å². The molecule has 0 radical (unpaired) electrons. The first-order valence-electron chi connectivity index (χ1n) is 6.88. The summed E-state index contributed by atoms with van der Waals surface area (Å²) in [6.45, 7) is 12.6. The summed E-state index contributed by atoms with van der Waals surface area (Å²) in [5.41, 5.74) is 8.24. The van der Waals surface area contributed by atoms with Crippen molar-refractivity contribution in [2.75, 3.05) is 13.2 Å². The Morgan fingerprint density at radius 3 is 2.60 bits per heavy atom. The third kappa shape index (κ3) is 3.67. The fourth-order valence-corrected chi connectivity index (χ4v) is 2.02. The van der Waals surface area contributed by atoms with Gasteiger partial charge in [-0.1, -0.05) is 20.4 Å². The van der Waals surface area contributed by atoms with Gasteiger partial charge in [-0.25, -0.2) is 4.79 Å². The Labute approximate surface area is 121 Å². The minimum absolute atomic E-state index is 0.133. The van der Waals surface area contributed by atoms with Crippen LogP contribution in [0.4, 0.5) is 0 Å². The standard InChI is InChI=1S/C16H24N2O2/c1-6-20-15(19)12-7-8-13(16(4,5)9-10-17)18-14(12)11(2)3/h7-8H,2,6,9-10,17H2,1,3-5H3. The second kappa shape index (κ2) is 6.66. The first-order chi connectivity index (χ1) is 9.33. The van der Waals surface area contributed by atoms with Gasteiger partial charge in [0.1, 0.15) is 0 Å². The number of carbonyl (C=O) groups is 1. The normalized spacial score (nSPS) is 11.2. The lowest BCUT2D eigenvalue weighted by molar-refractivity contribution is 0.0525. The molecule has 0 spiro atoms. The molecule has 0 aromatic carbocycles. The molecule has 110 valence electrons. The highest BCUT2D eigenvalue weighted by molar-refractivity contribution is 5.94. The second-order valence-corrected chi connectivity index (χ2v) is 5.52. The van der Waals surface area contributed by atoms with E-state index in [1.54, 1.807) is 13.0 Å². The van der Waals surface area contributed by atoms with Gasteiger partial charge in [0.2, 0.25) is 0 Å². The molecule has 0 aliphatic rings. The van der Waals surface area contributed by atoms with Crippen LogP contribution >= 0.6 is 0 Å². The van der Waals surface area contributed by atoms with Gasteiger partial charge in [0, 0.05) is 11.1 Å². The molecule has 0 amide bonds. The Balaban J connectivity index is 3.27. The zero-order chi connectivity index (χ0) is 15.3. The molecule has 0 aliphatic heterocycles. The monoisotopic (exact) mass is 276 g/mol. The van der Waals surface area contributed by atoms with E-state index in [4.69, 9.17) is 10.5 Å². The molecule has 1 rings (SSSR count). The van der Waals surface area contributed by atoms with Gasteiger partial charge in [0.05, 0.1) is 17.9 Å². The van der Waals surface area contributed by atoms with E-state index < -0.39 is 0 Å². The zero-order valence-electron chi connectivity index (χ0n) is 12.8. The van der Waals surface area contributed by atoms with E-state index in [1.165, 1.54) is 0 Å². The fourth-order valence-electron chi connectivity index (χ4n) is 2.02. The molecule has 0 atom stereocenters. The van der Waals surface area contributed by atoms with E-state index in [0.29, 0.717) is 24.4 Å². The van der Waals surface area contributed by atoms with Crippen molar-refractivity contribution < 1.29 is 9.53 Å². The number of hydrogen-bond acceptors (Lipinski definition) is 4. The topological polar surface area (TPSA) is 65.2 Å². The summed E-state index contributed by atoms with van der Waals surface area (Å²) in [7, 11) is 0. The SMILES string of the molecule is C=C(C)c1nc(C(C)(C)CCN)ccc1C(=O)OCC. The van der Waals surface area contributed by atoms with Crippen molar-refractivity contribution in [3.05, 3.63) is 35.7 Å². The molecule has 0 aliphatic carbocycles. The van der Waals surface area contributed by atoms with Crippen LogP contribution in [0.5, 0.6) is 0 Å². The molecule has 20 heavy (non-hydrogen) atoms. The number of hydrogen-bond donors (Lipinski definition) is 1. The number of pyridine rings is 1. The van der Waals surface area contributed by atoms with Crippen molar-refractivity contribution in [1.82, 2.24) is 4.98 Å². The lowest BCUT2D eigenvalue weighted by Gasteiger charge is -2.24. The Kier molecular flexibility index (Phi) is 5.45. The summed E-state index contributed by atoms with van der Waals surface area (Å²) in [5, 5.41) is 0. The van der Waals surface area contributed by atoms with Crippen molar-refractivity contribution in [2.24, 2.45) is 5.73 Å². The summed E-state index contributed by atoms with van der Waals surface area (Å²) in [6.07, 6.45) is 0.828. The number of ether oxygens (including phenoxy) is 1. The third-order valence-electron chi connectivity index (χ3n) is 3.26. The van der Waals surface area contributed by atoms with E-state index >= 15 is 0 Å². The summed E-state index contributed by atoms with van der Waals surface area (Å²) in [4.78, 5) is 16.5. The second-order valence-electron chi connectivity index (χ2n) is 5.52. The lowest BCUT2D eigenvalue weighted by Crippen LogP contribution is -2.24. The first kappa shape index (κ1) is 16.4. The minimum atomic E-state index is -0.360. The minimum Gasteiger partial charge on any atom is -0.462 e. The number of esters is 1. The molecule has 0 bridgehead atoms. The van der Waals surface area contributed by atoms with E-state index in [0.717, 1.165) is 17.7 Å². The third-order valence-corrected chi connectivity index (χ3v) is 3.26. The molecule has 0 fully saturated rings. The first-order valence-corrected chi connectivity index (χ1v) is 6.88. The molecule has 4 nitrogen and oxygen atoms in total. The molecule has 1 heterocycles. The Bertz CT molecular complexity index is 507. The van der Waals surface area contributed by atoms with Crippen molar-refractivity contribution >= 4 is 11.5 Å². The number of rotatable bonds is 6. The van der Waals surface area contributed by atoms with Gasteiger partial charge in [0.25, 0.3) is 0 Å². The number of carbonyl (C=O) groups excluding carboxylic acids is 1. The van der Waals surface area contributed by atoms with Gasteiger partial charge in [-0.15, -0.1) is 0 Å². The highest BCUT2D eigenvalue weighted by atomic mass is 16.5. The van der Waals surface area contributed by atoms with Gasteiger partial charge >= 0.3 is 5.97 Å². The number of aromatic nitrogens is 1. The molecular weight excluding hydrogens is 252 g/mol. The lowest BCUT2D eigenvalue weighted by atomic mass is 9.84. The van der Waals surface area contributed by atoms with Gasteiger partial charge in [-0.3, -0.25) is 4.98 Å². The quantitative estimate of drug-likeness (QED) is 0.811. The van der Waals surface area contributed by atoms with Crippen LogP contribution < -0.4 is 5.73 Å². The highest BCUT2D eigenvalue weighted by Gasteiger charge is 2.24. The molecule has 0 unspecified atom stereocenters. The highest BCUT2D eigenvalue weighted by Crippen LogP contribution is 2.27. The molecular formula is C16H24N2O2. The summed E-state index contributed by atoms with van der Waals surface area (Å²) < 4.78 is 5.05. The Morgan fingerprint density at radius 2 is 2.10 bits per heavy atom. The maximum absolute atomic E-state index is 11.9. The van der Waals surface area contributed by atoms with Gasteiger partial charge in [-0.05, 0) is 44.5 Å².